The fourth-order valence-corrected chi connectivity index (χ4v) is 2.26. The molecular weight excluding hydrogens is 297 g/mol. The van der Waals surface area contributed by atoms with Crippen LogP contribution in [0.1, 0.15) is 5.56 Å². The average Bonchev–Trinajstić information content (AvgIpc) is 2.94. The Labute approximate surface area is 131 Å². The van der Waals surface area contributed by atoms with Crippen LogP contribution in [0.2, 0.25) is 0 Å². The van der Waals surface area contributed by atoms with Crippen molar-refractivity contribution >= 4 is 11.6 Å². The zero-order chi connectivity index (χ0) is 16.2. The number of anilines is 1. The first-order valence-corrected chi connectivity index (χ1v) is 7.02. The van der Waals surface area contributed by atoms with Crippen LogP contribution in [0.3, 0.4) is 0 Å². The highest BCUT2D eigenvalue weighted by molar-refractivity contribution is 5.92. The van der Waals surface area contributed by atoms with E-state index in [-0.39, 0.29) is 23.7 Å². The molecule has 5 nitrogen and oxygen atoms in total. The lowest BCUT2D eigenvalue weighted by molar-refractivity contribution is -0.115. The topological polar surface area (TPSA) is 77.8 Å². The van der Waals surface area contributed by atoms with E-state index < -0.39 is 0 Å². The number of amides is 1. The predicted octanol–water partition coefficient (Wildman–Crippen LogP) is 2.69. The third-order valence-corrected chi connectivity index (χ3v) is 3.33. The molecule has 0 spiro atoms. The van der Waals surface area contributed by atoms with Gasteiger partial charge in [0, 0.05) is 11.8 Å². The third-order valence-electron chi connectivity index (χ3n) is 3.33. The van der Waals surface area contributed by atoms with Crippen molar-refractivity contribution in [1.29, 1.82) is 0 Å². The number of aromatic amines is 2. The van der Waals surface area contributed by atoms with E-state index in [0.717, 1.165) is 5.56 Å². The van der Waals surface area contributed by atoms with E-state index in [1.165, 1.54) is 18.2 Å². The molecule has 0 atom stereocenters. The van der Waals surface area contributed by atoms with Crippen molar-refractivity contribution in [3.05, 3.63) is 76.3 Å². The van der Waals surface area contributed by atoms with Crippen LogP contribution >= 0.6 is 0 Å². The van der Waals surface area contributed by atoms with Gasteiger partial charge >= 0.3 is 0 Å². The summed E-state index contributed by atoms with van der Waals surface area (Å²) in [5.41, 5.74) is 2.55. The summed E-state index contributed by atoms with van der Waals surface area (Å²) in [6.07, 6.45) is 0.102. The van der Waals surface area contributed by atoms with Crippen molar-refractivity contribution in [3.63, 3.8) is 0 Å². The minimum atomic E-state index is -0.361. The number of benzene rings is 2. The van der Waals surface area contributed by atoms with E-state index in [9.17, 15) is 14.0 Å². The SMILES string of the molecule is O=C(Cc1cccc(F)c1)Nc1ccc(-c2cc(=O)[nH][nH]2)cc1. The van der Waals surface area contributed by atoms with Crippen molar-refractivity contribution < 1.29 is 9.18 Å². The zero-order valence-corrected chi connectivity index (χ0v) is 12.1. The molecular formula is C17H14FN3O2. The van der Waals surface area contributed by atoms with Crippen molar-refractivity contribution in [2.45, 2.75) is 6.42 Å². The van der Waals surface area contributed by atoms with Crippen LogP contribution in [-0.2, 0) is 11.2 Å². The first-order chi connectivity index (χ1) is 11.1. The van der Waals surface area contributed by atoms with E-state index in [4.69, 9.17) is 0 Å². The fraction of sp³-hybridized carbons (Fsp3) is 0.0588. The number of aromatic nitrogens is 2. The Morgan fingerprint density at radius 3 is 2.48 bits per heavy atom. The van der Waals surface area contributed by atoms with Gasteiger partial charge in [-0.3, -0.25) is 19.8 Å². The number of hydrogen-bond donors (Lipinski definition) is 3. The summed E-state index contributed by atoms with van der Waals surface area (Å²) < 4.78 is 13.1. The molecule has 0 aliphatic heterocycles. The normalized spacial score (nSPS) is 10.5. The highest BCUT2D eigenvalue weighted by Crippen LogP contribution is 2.18. The van der Waals surface area contributed by atoms with Crippen molar-refractivity contribution in [3.8, 4) is 11.3 Å². The van der Waals surface area contributed by atoms with Crippen LogP contribution in [0.5, 0.6) is 0 Å². The quantitative estimate of drug-likeness (QED) is 0.693. The summed E-state index contributed by atoms with van der Waals surface area (Å²) in [6, 6.07) is 14.5. The number of H-pyrrole nitrogens is 2. The van der Waals surface area contributed by atoms with Gasteiger partial charge in [0.25, 0.3) is 5.56 Å². The molecule has 0 radical (unpaired) electrons. The van der Waals surface area contributed by atoms with Gasteiger partial charge < -0.3 is 5.32 Å². The van der Waals surface area contributed by atoms with Crippen LogP contribution < -0.4 is 10.9 Å². The number of nitrogens with one attached hydrogen (secondary N) is 3. The van der Waals surface area contributed by atoms with Crippen molar-refractivity contribution in [2.75, 3.05) is 5.32 Å². The Kier molecular flexibility index (Phi) is 4.05. The van der Waals surface area contributed by atoms with Crippen LogP contribution in [0.4, 0.5) is 10.1 Å². The number of carbonyl (C=O) groups excluding carboxylic acids is 1. The molecule has 2 aromatic carbocycles. The van der Waals surface area contributed by atoms with Crippen molar-refractivity contribution in [2.24, 2.45) is 0 Å². The molecule has 0 fully saturated rings. The molecule has 0 saturated carbocycles. The maximum absolute atomic E-state index is 13.1. The maximum atomic E-state index is 13.1. The molecule has 23 heavy (non-hydrogen) atoms. The van der Waals surface area contributed by atoms with E-state index in [1.807, 2.05) is 0 Å². The predicted molar refractivity (Wildman–Crippen MR) is 85.6 cm³/mol. The summed E-state index contributed by atoms with van der Waals surface area (Å²) in [4.78, 5) is 23.1. The van der Waals surface area contributed by atoms with Gasteiger partial charge in [-0.2, -0.15) is 0 Å². The standard InChI is InChI=1S/C17H14FN3O2/c18-13-3-1-2-11(8-13)9-16(22)19-14-6-4-12(5-7-14)15-10-17(23)21-20-15/h1-8,10H,9H2,(H,19,22)(H2,20,21,23). The molecule has 1 aromatic heterocycles. The molecule has 0 bridgehead atoms. The molecule has 1 amide bonds. The highest BCUT2D eigenvalue weighted by Gasteiger charge is 2.06. The second-order valence-electron chi connectivity index (χ2n) is 5.10. The van der Waals surface area contributed by atoms with Crippen LogP contribution in [0.25, 0.3) is 11.3 Å². The van der Waals surface area contributed by atoms with Crippen LogP contribution in [0, 0.1) is 5.82 Å². The number of hydrogen-bond acceptors (Lipinski definition) is 2. The van der Waals surface area contributed by atoms with E-state index in [2.05, 4.69) is 15.5 Å². The first-order valence-electron chi connectivity index (χ1n) is 7.02. The molecule has 0 unspecified atom stereocenters. The smallest absolute Gasteiger partial charge is 0.264 e. The molecule has 116 valence electrons. The molecule has 3 N–H and O–H groups in total. The highest BCUT2D eigenvalue weighted by atomic mass is 19.1. The van der Waals surface area contributed by atoms with E-state index in [1.54, 1.807) is 36.4 Å². The Hall–Kier alpha value is -3.15. The molecule has 0 aliphatic rings. The lowest BCUT2D eigenvalue weighted by atomic mass is 10.1. The van der Waals surface area contributed by atoms with Gasteiger partial charge in [0.15, 0.2) is 0 Å². The summed E-state index contributed by atoms with van der Waals surface area (Å²) >= 11 is 0. The third kappa shape index (κ3) is 3.74. The van der Waals surface area contributed by atoms with Gasteiger partial charge in [-0.1, -0.05) is 24.3 Å². The van der Waals surface area contributed by atoms with Crippen LogP contribution in [0.15, 0.2) is 59.4 Å². The molecule has 3 aromatic rings. The van der Waals surface area contributed by atoms with Crippen LogP contribution in [-0.4, -0.2) is 16.1 Å². The lowest BCUT2D eigenvalue weighted by Gasteiger charge is -2.06. The molecule has 1 heterocycles. The number of rotatable bonds is 4. The first kappa shape index (κ1) is 14.8. The van der Waals surface area contributed by atoms with Gasteiger partial charge in [0.2, 0.25) is 5.91 Å². The molecule has 6 heteroatoms. The summed E-state index contributed by atoms with van der Waals surface area (Å²) in [6.45, 7) is 0. The number of halogens is 1. The van der Waals surface area contributed by atoms with E-state index in [0.29, 0.717) is 16.9 Å². The second kappa shape index (κ2) is 6.31. The largest absolute Gasteiger partial charge is 0.326 e. The Balaban J connectivity index is 1.66. The van der Waals surface area contributed by atoms with Gasteiger partial charge in [-0.15, -0.1) is 0 Å². The monoisotopic (exact) mass is 311 g/mol. The zero-order valence-electron chi connectivity index (χ0n) is 12.1. The Morgan fingerprint density at radius 2 is 1.83 bits per heavy atom. The Morgan fingerprint density at radius 1 is 1.04 bits per heavy atom. The maximum Gasteiger partial charge on any atom is 0.264 e. The van der Waals surface area contributed by atoms with Gasteiger partial charge in [0.1, 0.15) is 5.82 Å². The minimum Gasteiger partial charge on any atom is -0.326 e. The fourth-order valence-electron chi connectivity index (χ4n) is 2.26. The van der Waals surface area contributed by atoms with Gasteiger partial charge in [-0.25, -0.2) is 4.39 Å². The lowest BCUT2D eigenvalue weighted by Crippen LogP contribution is -2.14. The average molecular weight is 311 g/mol. The summed E-state index contributed by atoms with van der Waals surface area (Å²) in [7, 11) is 0. The van der Waals surface area contributed by atoms with Gasteiger partial charge in [0.05, 0.1) is 12.1 Å². The van der Waals surface area contributed by atoms with Crippen molar-refractivity contribution in [1.82, 2.24) is 10.2 Å². The molecule has 0 aliphatic carbocycles. The van der Waals surface area contributed by atoms with E-state index >= 15 is 0 Å². The summed E-state index contributed by atoms with van der Waals surface area (Å²) in [5.74, 6) is -0.585. The van der Waals surface area contributed by atoms with Gasteiger partial charge in [-0.05, 0) is 35.4 Å². The molecule has 3 rings (SSSR count). The number of carbonyl (C=O) groups is 1. The summed E-state index contributed by atoms with van der Waals surface area (Å²) in [5, 5.41) is 7.98. The minimum absolute atomic E-state index is 0.102. The Bertz CT molecular complexity index is 881. The molecule has 0 saturated heterocycles. The second-order valence-corrected chi connectivity index (χ2v) is 5.10.